The van der Waals surface area contributed by atoms with E-state index in [1.807, 2.05) is 12.1 Å². The minimum Gasteiger partial charge on any atom is -0.493 e. The van der Waals surface area contributed by atoms with Gasteiger partial charge in [0.15, 0.2) is 11.5 Å². The van der Waals surface area contributed by atoms with Gasteiger partial charge in [0.1, 0.15) is 5.75 Å². The first-order valence-electron chi connectivity index (χ1n) is 8.76. The first kappa shape index (κ1) is 18.7. The molecule has 1 aromatic rings. The quantitative estimate of drug-likeness (QED) is 0.475. The molecule has 0 aromatic heterocycles. The summed E-state index contributed by atoms with van der Waals surface area (Å²) in [5.41, 5.74) is 1.04. The molecule has 0 spiro atoms. The van der Waals surface area contributed by atoms with Gasteiger partial charge in [-0.15, -0.1) is 0 Å². The molecule has 0 radical (unpaired) electrons. The number of ether oxygens (including phenoxy) is 3. The predicted molar refractivity (Wildman–Crippen MR) is 92.4 cm³/mol. The summed E-state index contributed by atoms with van der Waals surface area (Å²) in [7, 11) is 0. The molecule has 0 saturated heterocycles. The smallest absolute Gasteiger partial charge is 0.167 e. The first-order chi connectivity index (χ1) is 10.7. The maximum atomic E-state index is 5.98. The lowest BCUT2D eigenvalue weighted by Gasteiger charge is -2.18. The minimum atomic E-state index is 0.722. The zero-order chi connectivity index (χ0) is 16.2. The molecule has 0 saturated carbocycles. The highest BCUT2D eigenvalue weighted by Crippen LogP contribution is 2.37. The van der Waals surface area contributed by atoms with Gasteiger partial charge in [-0.2, -0.15) is 0 Å². The van der Waals surface area contributed by atoms with Gasteiger partial charge in [-0.1, -0.05) is 40.0 Å². The monoisotopic (exact) mass is 308 g/mol. The van der Waals surface area contributed by atoms with Crippen molar-refractivity contribution in [1.29, 1.82) is 0 Å². The maximum absolute atomic E-state index is 5.98. The highest BCUT2D eigenvalue weighted by Gasteiger charge is 2.13. The molecule has 0 aliphatic heterocycles. The number of hydrogen-bond donors (Lipinski definition) is 0. The van der Waals surface area contributed by atoms with Crippen molar-refractivity contribution < 1.29 is 14.2 Å². The summed E-state index contributed by atoms with van der Waals surface area (Å²) >= 11 is 0. The van der Waals surface area contributed by atoms with Crippen LogP contribution in [-0.4, -0.2) is 19.8 Å². The standard InChI is InChI=1S/C19H32O3/c1-5-8-13-20-17-11-12-18(21-14-9-6-2)19(16(17)4)22-15-10-7-3/h11-12H,5-10,13-15H2,1-4H3. The van der Waals surface area contributed by atoms with Crippen LogP contribution in [-0.2, 0) is 0 Å². The summed E-state index contributed by atoms with van der Waals surface area (Å²) in [6, 6.07) is 3.98. The SMILES string of the molecule is CCCCOc1ccc(OCCCC)c(OCCCC)c1C. The predicted octanol–water partition coefficient (Wildman–Crippen LogP) is 5.53. The van der Waals surface area contributed by atoms with Gasteiger partial charge in [0.2, 0.25) is 0 Å². The van der Waals surface area contributed by atoms with Crippen LogP contribution >= 0.6 is 0 Å². The minimum absolute atomic E-state index is 0.722. The van der Waals surface area contributed by atoms with Gasteiger partial charge in [0.25, 0.3) is 0 Å². The maximum Gasteiger partial charge on any atom is 0.167 e. The van der Waals surface area contributed by atoms with E-state index in [9.17, 15) is 0 Å². The molecular weight excluding hydrogens is 276 g/mol. The van der Waals surface area contributed by atoms with E-state index in [4.69, 9.17) is 14.2 Å². The lowest BCUT2D eigenvalue weighted by molar-refractivity contribution is 0.255. The molecule has 22 heavy (non-hydrogen) atoms. The van der Waals surface area contributed by atoms with E-state index in [2.05, 4.69) is 27.7 Å². The Morgan fingerprint density at radius 1 is 0.682 bits per heavy atom. The average molecular weight is 308 g/mol. The third kappa shape index (κ3) is 6.17. The lowest BCUT2D eigenvalue weighted by atomic mass is 10.2. The summed E-state index contributed by atoms with van der Waals surface area (Å²) in [6.07, 6.45) is 6.56. The molecule has 0 N–H and O–H groups in total. The van der Waals surface area contributed by atoms with E-state index in [-0.39, 0.29) is 0 Å². The van der Waals surface area contributed by atoms with Crippen LogP contribution in [0.15, 0.2) is 12.1 Å². The van der Waals surface area contributed by atoms with Gasteiger partial charge in [0.05, 0.1) is 19.8 Å². The molecule has 3 nitrogen and oxygen atoms in total. The summed E-state index contributed by atoms with van der Waals surface area (Å²) in [5.74, 6) is 2.59. The zero-order valence-corrected chi connectivity index (χ0v) is 14.7. The topological polar surface area (TPSA) is 27.7 Å². The molecule has 0 amide bonds. The van der Waals surface area contributed by atoms with Crippen molar-refractivity contribution in [3.8, 4) is 17.2 Å². The Hall–Kier alpha value is -1.38. The number of unbranched alkanes of at least 4 members (excludes halogenated alkanes) is 3. The van der Waals surface area contributed by atoms with Gasteiger partial charge in [0, 0.05) is 5.56 Å². The normalized spacial score (nSPS) is 10.5. The Labute approximate surface area is 136 Å². The van der Waals surface area contributed by atoms with E-state index in [0.29, 0.717) is 0 Å². The van der Waals surface area contributed by atoms with E-state index >= 15 is 0 Å². The Morgan fingerprint density at radius 3 is 1.68 bits per heavy atom. The second-order valence-electron chi connectivity index (χ2n) is 5.62. The van der Waals surface area contributed by atoms with Crippen LogP contribution in [0.1, 0.15) is 64.9 Å². The Balaban J connectivity index is 2.82. The molecule has 0 bridgehead atoms. The summed E-state index contributed by atoms with van der Waals surface area (Å²) in [4.78, 5) is 0. The molecule has 126 valence electrons. The molecule has 0 heterocycles. The number of rotatable bonds is 12. The molecule has 0 aliphatic rings. The van der Waals surface area contributed by atoms with Crippen molar-refractivity contribution in [2.24, 2.45) is 0 Å². The van der Waals surface area contributed by atoms with Crippen LogP contribution in [0.3, 0.4) is 0 Å². The lowest BCUT2D eigenvalue weighted by Crippen LogP contribution is -2.05. The van der Waals surface area contributed by atoms with E-state index in [1.54, 1.807) is 0 Å². The van der Waals surface area contributed by atoms with Crippen molar-refractivity contribution in [3.63, 3.8) is 0 Å². The van der Waals surface area contributed by atoms with E-state index < -0.39 is 0 Å². The molecule has 0 aliphatic carbocycles. The Morgan fingerprint density at radius 2 is 1.14 bits per heavy atom. The van der Waals surface area contributed by atoms with E-state index in [0.717, 1.165) is 81.2 Å². The van der Waals surface area contributed by atoms with Crippen LogP contribution < -0.4 is 14.2 Å². The second-order valence-corrected chi connectivity index (χ2v) is 5.62. The first-order valence-corrected chi connectivity index (χ1v) is 8.76. The third-order valence-electron chi connectivity index (χ3n) is 3.58. The van der Waals surface area contributed by atoms with Crippen molar-refractivity contribution in [2.45, 2.75) is 66.2 Å². The Kier molecular flexibility index (Phi) is 9.52. The fourth-order valence-corrected chi connectivity index (χ4v) is 2.07. The summed E-state index contributed by atoms with van der Waals surface area (Å²) in [6.45, 7) is 10.8. The van der Waals surface area contributed by atoms with Crippen LogP contribution in [0.25, 0.3) is 0 Å². The van der Waals surface area contributed by atoms with Crippen molar-refractivity contribution in [3.05, 3.63) is 17.7 Å². The third-order valence-corrected chi connectivity index (χ3v) is 3.58. The van der Waals surface area contributed by atoms with Gasteiger partial charge < -0.3 is 14.2 Å². The van der Waals surface area contributed by atoms with Crippen molar-refractivity contribution >= 4 is 0 Å². The second kappa shape index (κ2) is 11.2. The van der Waals surface area contributed by atoms with Crippen LogP contribution in [0.4, 0.5) is 0 Å². The number of hydrogen-bond acceptors (Lipinski definition) is 3. The number of benzene rings is 1. The fourth-order valence-electron chi connectivity index (χ4n) is 2.07. The molecule has 0 fully saturated rings. The fraction of sp³-hybridized carbons (Fsp3) is 0.684. The molecule has 1 rings (SSSR count). The molecule has 0 unspecified atom stereocenters. The van der Waals surface area contributed by atoms with Crippen molar-refractivity contribution in [1.82, 2.24) is 0 Å². The largest absolute Gasteiger partial charge is 0.493 e. The molecular formula is C19H32O3. The molecule has 0 atom stereocenters. The van der Waals surface area contributed by atoms with Crippen LogP contribution in [0.2, 0.25) is 0 Å². The Bertz CT molecular complexity index is 415. The summed E-state index contributed by atoms with van der Waals surface area (Å²) in [5, 5.41) is 0. The van der Waals surface area contributed by atoms with Gasteiger partial charge in [-0.05, 0) is 38.3 Å². The van der Waals surface area contributed by atoms with Gasteiger partial charge in [-0.25, -0.2) is 0 Å². The van der Waals surface area contributed by atoms with Crippen LogP contribution in [0.5, 0.6) is 17.2 Å². The molecule has 3 heteroatoms. The highest BCUT2D eigenvalue weighted by molar-refractivity contribution is 5.53. The zero-order valence-electron chi connectivity index (χ0n) is 14.7. The van der Waals surface area contributed by atoms with Gasteiger partial charge in [-0.3, -0.25) is 0 Å². The molecule has 1 aromatic carbocycles. The van der Waals surface area contributed by atoms with Crippen molar-refractivity contribution in [2.75, 3.05) is 19.8 Å². The van der Waals surface area contributed by atoms with E-state index in [1.165, 1.54) is 0 Å². The summed E-state index contributed by atoms with van der Waals surface area (Å²) < 4.78 is 17.7. The average Bonchev–Trinajstić information content (AvgIpc) is 2.52. The highest BCUT2D eigenvalue weighted by atomic mass is 16.5. The van der Waals surface area contributed by atoms with Gasteiger partial charge >= 0.3 is 0 Å². The van der Waals surface area contributed by atoms with Crippen LogP contribution in [0, 0.1) is 6.92 Å².